The average Bonchev–Trinajstić information content (AvgIpc) is 3.67. The van der Waals surface area contributed by atoms with Crippen LogP contribution in [0.2, 0.25) is 5.02 Å². The van der Waals surface area contributed by atoms with Crippen LogP contribution in [0.25, 0.3) is 0 Å². The monoisotopic (exact) mass is 690 g/mol. The van der Waals surface area contributed by atoms with Crippen LogP contribution in [0.5, 0.6) is 11.5 Å². The van der Waals surface area contributed by atoms with Crippen molar-refractivity contribution in [2.24, 2.45) is 0 Å². The van der Waals surface area contributed by atoms with Crippen LogP contribution in [0.15, 0.2) is 121 Å². The van der Waals surface area contributed by atoms with Gasteiger partial charge in [0.15, 0.2) is 0 Å². The first-order valence-electron chi connectivity index (χ1n) is 17.3. The fourth-order valence-corrected chi connectivity index (χ4v) is 7.12. The molecule has 50 heavy (non-hydrogen) atoms. The van der Waals surface area contributed by atoms with Crippen LogP contribution in [0.1, 0.15) is 51.5 Å². The summed E-state index contributed by atoms with van der Waals surface area (Å²) >= 11 is 7.09. The molecule has 2 heterocycles. The number of methoxy groups -OCH3 is 1. The Morgan fingerprint density at radius 3 is 1.98 bits per heavy atom. The Labute approximate surface area is 299 Å². The van der Waals surface area contributed by atoms with E-state index < -0.39 is 12.2 Å². The molecule has 4 atom stereocenters. The fraction of sp³-hybridized carbons (Fsp3) is 0.302. The van der Waals surface area contributed by atoms with E-state index in [9.17, 15) is 0 Å². The molecule has 0 saturated carbocycles. The van der Waals surface area contributed by atoms with Crippen molar-refractivity contribution < 1.29 is 28.4 Å². The highest BCUT2D eigenvalue weighted by Gasteiger charge is 2.43. The summed E-state index contributed by atoms with van der Waals surface area (Å²) in [6.07, 6.45) is 0.671. The van der Waals surface area contributed by atoms with Crippen LogP contribution in [-0.2, 0) is 51.6 Å². The second kappa shape index (κ2) is 16.7. The molecule has 0 radical (unpaired) electrons. The Kier molecular flexibility index (Phi) is 11.4. The van der Waals surface area contributed by atoms with E-state index in [-0.39, 0.29) is 12.2 Å². The average molecular weight is 691 g/mol. The lowest BCUT2D eigenvalue weighted by Gasteiger charge is -2.42. The van der Waals surface area contributed by atoms with E-state index in [0.717, 1.165) is 56.9 Å². The number of rotatable bonds is 14. The van der Waals surface area contributed by atoms with E-state index >= 15 is 0 Å². The smallest absolute Gasteiger partial charge is 0.141 e. The van der Waals surface area contributed by atoms with Crippen LogP contribution in [0.4, 0.5) is 0 Å². The molecule has 5 aromatic carbocycles. The molecule has 0 aromatic heterocycles. The summed E-state index contributed by atoms with van der Waals surface area (Å²) in [5, 5.41) is 0.647. The van der Waals surface area contributed by atoms with Gasteiger partial charge in [0, 0.05) is 18.4 Å². The van der Waals surface area contributed by atoms with Crippen molar-refractivity contribution >= 4 is 11.6 Å². The summed E-state index contributed by atoms with van der Waals surface area (Å²) in [5.74, 6) is 1.55. The predicted molar refractivity (Wildman–Crippen MR) is 195 cm³/mol. The number of hydrogen-bond donors (Lipinski definition) is 0. The van der Waals surface area contributed by atoms with Crippen molar-refractivity contribution in [2.75, 3.05) is 20.3 Å². The van der Waals surface area contributed by atoms with E-state index in [2.05, 4.69) is 54.6 Å². The summed E-state index contributed by atoms with van der Waals surface area (Å²) in [6, 6.07) is 41.0. The van der Waals surface area contributed by atoms with Gasteiger partial charge in [0.2, 0.25) is 0 Å². The second-order valence-electron chi connectivity index (χ2n) is 12.9. The fourth-order valence-electron chi connectivity index (χ4n) is 6.83. The molecule has 0 N–H and O–H groups in total. The summed E-state index contributed by atoms with van der Waals surface area (Å²) in [5.41, 5.74) is 7.51. The Balaban J connectivity index is 1.23. The lowest BCUT2D eigenvalue weighted by molar-refractivity contribution is -0.219. The molecule has 0 spiro atoms. The lowest BCUT2D eigenvalue weighted by atomic mass is 9.87. The molecule has 5 aromatic rings. The SMILES string of the molecule is COc1ccc(Cc2cc(C3O[C@H](COCc4ccccc4)C[C@H](OCc4ccccc4)[C@H]3OCc3ccccc3)c3c(c2Cl)OCC3)cc1. The van der Waals surface area contributed by atoms with Crippen LogP contribution in [-0.4, -0.2) is 38.6 Å². The molecule has 6 nitrogen and oxygen atoms in total. The van der Waals surface area contributed by atoms with Crippen molar-refractivity contribution in [3.8, 4) is 11.5 Å². The zero-order valence-corrected chi connectivity index (χ0v) is 29.1. The van der Waals surface area contributed by atoms with Gasteiger partial charge < -0.3 is 28.4 Å². The number of hydrogen-bond acceptors (Lipinski definition) is 6. The molecule has 2 aliphatic rings. The number of ether oxygens (including phenoxy) is 6. The summed E-state index contributed by atoms with van der Waals surface area (Å²) < 4.78 is 38.6. The Hall–Kier alpha value is -4.17. The molecule has 7 rings (SSSR count). The first kappa shape index (κ1) is 34.3. The van der Waals surface area contributed by atoms with Crippen LogP contribution in [0.3, 0.4) is 0 Å². The molecule has 7 heteroatoms. The first-order chi connectivity index (χ1) is 24.6. The van der Waals surface area contributed by atoms with Gasteiger partial charge in [-0.15, -0.1) is 0 Å². The van der Waals surface area contributed by atoms with Gasteiger partial charge in [-0.3, -0.25) is 0 Å². The Morgan fingerprint density at radius 2 is 1.34 bits per heavy atom. The van der Waals surface area contributed by atoms with Crippen molar-refractivity contribution in [1.29, 1.82) is 0 Å². The van der Waals surface area contributed by atoms with Gasteiger partial charge in [-0.2, -0.15) is 0 Å². The van der Waals surface area contributed by atoms with Gasteiger partial charge in [-0.1, -0.05) is 121 Å². The van der Waals surface area contributed by atoms with E-state index in [0.29, 0.717) is 50.9 Å². The predicted octanol–water partition coefficient (Wildman–Crippen LogP) is 9.09. The maximum absolute atomic E-state index is 7.09. The molecule has 1 saturated heterocycles. The topological polar surface area (TPSA) is 55.4 Å². The molecule has 2 aliphatic heterocycles. The van der Waals surface area contributed by atoms with E-state index in [1.807, 2.05) is 66.7 Å². The number of benzene rings is 5. The molecular weight excluding hydrogens is 648 g/mol. The van der Waals surface area contributed by atoms with E-state index in [1.165, 1.54) is 0 Å². The highest BCUT2D eigenvalue weighted by molar-refractivity contribution is 6.33. The van der Waals surface area contributed by atoms with Gasteiger partial charge in [-0.25, -0.2) is 0 Å². The third kappa shape index (κ3) is 8.40. The second-order valence-corrected chi connectivity index (χ2v) is 13.3. The summed E-state index contributed by atoms with van der Waals surface area (Å²) in [7, 11) is 1.67. The molecule has 258 valence electrons. The molecular formula is C43H43ClO6. The van der Waals surface area contributed by atoms with Gasteiger partial charge >= 0.3 is 0 Å². The van der Waals surface area contributed by atoms with Gasteiger partial charge in [0.25, 0.3) is 0 Å². The van der Waals surface area contributed by atoms with Crippen LogP contribution < -0.4 is 9.47 Å². The minimum Gasteiger partial charge on any atom is -0.497 e. The van der Waals surface area contributed by atoms with Crippen molar-refractivity contribution in [3.63, 3.8) is 0 Å². The highest BCUT2D eigenvalue weighted by atomic mass is 35.5. The van der Waals surface area contributed by atoms with Crippen molar-refractivity contribution in [3.05, 3.63) is 165 Å². The standard InChI is InChI=1S/C43H43ClO6/c1-45-35-19-17-30(18-20-35)23-34-24-38(37-21-22-47-41(37)40(34)44)42-43(49-28-33-15-9-4-10-16-33)39(48-27-32-13-7-3-8-14-32)25-36(50-42)29-46-26-31-11-5-2-6-12-31/h2-20,24,36,39,42-43H,21-23,25-29H2,1H3/t36-,39-,42?,43+/m0/s1. The van der Waals surface area contributed by atoms with Gasteiger partial charge in [0.1, 0.15) is 23.7 Å². The lowest BCUT2D eigenvalue weighted by Crippen LogP contribution is -2.47. The van der Waals surface area contributed by atoms with Crippen molar-refractivity contribution in [2.45, 2.75) is 63.5 Å². The van der Waals surface area contributed by atoms with Crippen molar-refractivity contribution in [1.82, 2.24) is 0 Å². The molecule has 1 unspecified atom stereocenters. The quantitative estimate of drug-likeness (QED) is 0.116. The summed E-state index contributed by atoms with van der Waals surface area (Å²) in [6.45, 7) is 2.38. The Bertz CT molecular complexity index is 1800. The maximum Gasteiger partial charge on any atom is 0.141 e. The largest absolute Gasteiger partial charge is 0.497 e. The molecule has 0 amide bonds. The molecule has 1 fully saturated rings. The van der Waals surface area contributed by atoms with E-state index in [1.54, 1.807) is 7.11 Å². The number of fused-ring (bicyclic) bond motifs is 1. The zero-order valence-electron chi connectivity index (χ0n) is 28.3. The van der Waals surface area contributed by atoms with Gasteiger partial charge in [0.05, 0.1) is 57.4 Å². The van der Waals surface area contributed by atoms with Crippen LogP contribution >= 0.6 is 11.6 Å². The van der Waals surface area contributed by atoms with E-state index in [4.69, 9.17) is 40.0 Å². The maximum atomic E-state index is 7.09. The summed E-state index contributed by atoms with van der Waals surface area (Å²) in [4.78, 5) is 0. The molecule has 0 aliphatic carbocycles. The normalized spacial score (nSPS) is 19.9. The zero-order chi connectivity index (χ0) is 34.1. The van der Waals surface area contributed by atoms with Crippen LogP contribution in [0, 0.1) is 0 Å². The third-order valence-corrected chi connectivity index (χ3v) is 9.81. The minimum atomic E-state index is -0.444. The molecule has 0 bridgehead atoms. The third-order valence-electron chi connectivity index (χ3n) is 9.40. The number of halogens is 1. The highest BCUT2D eigenvalue weighted by Crippen LogP contribution is 2.46. The van der Waals surface area contributed by atoms with Gasteiger partial charge in [-0.05, 0) is 51.9 Å². The minimum absolute atomic E-state index is 0.222. The first-order valence-corrected chi connectivity index (χ1v) is 17.7. The Morgan fingerprint density at radius 1 is 0.720 bits per heavy atom.